The van der Waals surface area contributed by atoms with Crippen molar-refractivity contribution in [2.24, 2.45) is 5.92 Å². The van der Waals surface area contributed by atoms with Crippen LogP contribution in [-0.4, -0.2) is 26.8 Å². The molecule has 2 N–H and O–H groups in total. The number of pyridine rings is 1. The van der Waals surface area contributed by atoms with Crippen molar-refractivity contribution in [1.82, 2.24) is 20.1 Å². The smallest absolute Gasteiger partial charge is 0.404 e. The van der Waals surface area contributed by atoms with E-state index in [0.717, 1.165) is 0 Å². The second-order valence-electron chi connectivity index (χ2n) is 7.65. The molecule has 1 atom stereocenters. The van der Waals surface area contributed by atoms with E-state index in [-0.39, 0.29) is 17.2 Å². The molecule has 0 bridgehead atoms. The number of fused-ring (bicyclic) bond motifs is 1. The Morgan fingerprint density at radius 3 is 2.61 bits per heavy atom. The van der Waals surface area contributed by atoms with Gasteiger partial charge in [0, 0.05) is 29.3 Å². The van der Waals surface area contributed by atoms with Gasteiger partial charge in [0.25, 0.3) is 11.5 Å². The van der Waals surface area contributed by atoms with Crippen molar-refractivity contribution in [3.63, 3.8) is 0 Å². The Morgan fingerprint density at radius 2 is 2.00 bits per heavy atom. The van der Waals surface area contributed by atoms with Gasteiger partial charge >= 0.3 is 6.09 Å². The van der Waals surface area contributed by atoms with E-state index in [9.17, 15) is 18.8 Å². The van der Waals surface area contributed by atoms with Gasteiger partial charge in [0.15, 0.2) is 5.76 Å². The number of alkyl carbamates (subject to hydrolysis) is 1. The fourth-order valence-electron chi connectivity index (χ4n) is 3.70. The van der Waals surface area contributed by atoms with Crippen molar-refractivity contribution in [2.45, 2.75) is 33.2 Å². The lowest BCUT2D eigenvalue weighted by atomic mass is 9.88. The van der Waals surface area contributed by atoms with Crippen LogP contribution in [0.4, 0.5) is 9.18 Å². The summed E-state index contributed by atoms with van der Waals surface area (Å²) in [4.78, 5) is 38.8. The number of imide groups is 1. The summed E-state index contributed by atoms with van der Waals surface area (Å²) in [6.45, 7) is 6.28. The number of carbonyl (C=O) groups is 2. The van der Waals surface area contributed by atoms with E-state index >= 15 is 0 Å². The fraction of sp³-hybridized carbons (Fsp3) is 0.273. The molecule has 1 aliphatic heterocycles. The minimum atomic E-state index is -0.841. The molecule has 8 nitrogen and oxygen atoms in total. The molecule has 2 aromatic heterocycles. The number of nitrogens with zero attached hydrogens (tertiary/aromatic N) is 2. The Labute approximate surface area is 176 Å². The molecule has 3 heterocycles. The van der Waals surface area contributed by atoms with Gasteiger partial charge in [-0.1, -0.05) is 19.9 Å². The van der Waals surface area contributed by atoms with Crippen LogP contribution in [0.1, 0.15) is 32.3 Å². The molecule has 1 unspecified atom stereocenters. The molecule has 160 valence electrons. The monoisotopic (exact) mass is 424 g/mol. The molecule has 2 amide bonds. The average molecular weight is 424 g/mol. The van der Waals surface area contributed by atoms with Crippen LogP contribution in [0, 0.1) is 11.7 Å². The number of nitrogens with one attached hydrogen (secondary N) is 2. The predicted octanol–water partition coefficient (Wildman–Crippen LogP) is 3.44. The van der Waals surface area contributed by atoms with Crippen LogP contribution in [0.3, 0.4) is 0 Å². The minimum Gasteiger partial charge on any atom is -0.404 e. The van der Waals surface area contributed by atoms with Crippen LogP contribution in [0.25, 0.3) is 22.2 Å². The van der Waals surface area contributed by atoms with Crippen LogP contribution in [-0.2, 0) is 16.1 Å². The number of hydrogen-bond acceptors (Lipinski definition) is 5. The van der Waals surface area contributed by atoms with Crippen molar-refractivity contribution in [3.8, 4) is 11.3 Å². The Morgan fingerprint density at radius 1 is 1.23 bits per heavy atom. The van der Waals surface area contributed by atoms with Gasteiger partial charge in [-0.25, -0.2) is 9.18 Å². The number of aromatic nitrogens is 3. The Bertz CT molecular complexity index is 1290. The molecule has 0 spiro atoms. The summed E-state index contributed by atoms with van der Waals surface area (Å²) in [6.07, 6.45) is 2.11. The van der Waals surface area contributed by atoms with Crippen LogP contribution < -0.4 is 10.9 Å². The number of amides is 2. The highest BCUT2D eigenvalue weighted by atomic mass is 19.1. The lowest BCUT2D eigenvalue weighted by Gasteiger charge is -2.17. The number of hydrogen-bond donors (Lipinski definition) is 2. The van der Waals surface area contributed by atoms with Crippen molar-refractivity contribution in [2.75, 3.05) is 0 Å². The fourth-order valence-corrected chi connectivity index (χ4v) is 3.70. The number of carbonyl (C=O) groups excluding carboxylic acids is 2. The Balaban J connectivity index is 1.75. The van der Waals surface area contributed by atoms with Crippen LogP contribution in [0.2, 0.25) is 0 Å². The second kappa shape index (κ2) is 7.82. The first-order valence-electron chi connectivity index (χ1n) is 9.92. The van der Waals surface area contributed by atoms with E-state index in [4.69, 9.17) is 4.74 Å². The molecule has 0 radical (unpaired) electrons. The quantitative estimate of drug-likeness (QED) is 0.611. The topological polar surface area (TPSA) is 106 Å². The molecule has 0 saturated carbocycles. The van der Waals surface area contributed by atoms with Crippen molar-refractivity contribution < 1.29 is 18.7 Å². The highest BCUT2D eigenvalue weighted by Crippen LogP contribution is 2.29. The predicted molar refractivity (Wildman–Crippen MR) is 112 cm³/mol. The summed E-state index contributed by atoms with van der Waals surface area (Å²) in [5.74, 6) is -1.71. The molecule has 1 aliphatic rings. The molecular formula is C22H21FN4O4. The number of cyclic esters (lactones) is 1. The van der Waals surface area contributed by atoms with E-state index < -0.39 is 23.7 Å². The third-order valence-electron chi connectivity index (χ3n) is 5.31. The van der Waals surface area contributed by atoms with Gasteiger partial charge in [-0.2, -0.15) is 5.10 Å². The van der Waals surface area contributed by atoms with Gasteiger partial charge in [-0.15, -0.1) is 0 Å². The maximum Gasteiger partial charge on any atom is 0.419 e. The van der Waals surface area contributed by atoms with E-state index in [1.165, 1.54) is 18.3 Å². The molecule has 3 aromatic rings. The number of rotatable bonds is 5. The molecular weight excluding hydrogens is 403 g/mol. The molecule has 1 saturated heterocycles. The Kier molecular flexibility index (Phi) is 5.18. The first-order valence-corrected chi connectivity index (χ1v) is 9.92. The van der Waals surface area contributed by atoms with Crippen LogP contribution in [0.5, 0.6) is 0 Å². The summed E-state index contributed by atoms with van der Waals surface area (Å²) in [6, 6.07) is 6.48. The first-order chi connectivity index (χ1) is 14.8. The van der Waals surface area contributed by atoms with Crippen LogP contribution in [0.15, 0.2) is 47.1 Å². The second-order valence-corrected chi connectivity index (χ2v) is 7.65. The van der Waals surface area contributed by atoms with Gasteiger partial charge in [0.05, 0.1) is 17.1 Å². The summed E-state index contributed by atoms with van der Waals surface area (Å²) >= 11 is 0. The van der Waals surface area contributed by atoms with Gasteiger partial charge < -0.3 is 9.72 Å². The molecule has 1 aromatic carbocycles. The molecule has 0 aliphatic carbocycles. The van der Waals surface area contributed by atoms with Crippen LogP contribution >= 0.6 is 0 Å². The lowest BCUT2D eigenvalue weighted by Crippen LogP contribution is -2.21. The minimum absolute atomic E-state index is 0.0562. The van der Waals surface area contributed by atoms with E-state index in [2.05, 4.69) is 10.1 Å². The van der Waals surface area contributed by atoms with Gasteiger partial charge in [-0.05, 0) is 37.1 Å². The zero-order valence-electron chi connectivity index (χ0n) is 17.2. The van der Waals surface area contributed by atoms with Gasteiger partial charge in [-0.3, -0.25) is 19.6 Å². The maximum absolute atomic E-state index is 14.6. The number of aromatic amines is 1. The number of H-pyrrole nitrogens is 1. The SMILES string of the molecule is CCn1ncc2c(F)cc(-c3ccc(C(/C=C4\OC(=O)NC4=O)C(C)C)c(=O)[nH]3)cc21. The van der Waals surface area contributed by atoms with E-state index in [1.54, 1.807) is 22.9 Å². The van der Waals surface area contributed by atoms with E-state index in [1.807, 2.05) is 26.1 Å². The highest BCUT2D eigenvalue weighted by molar-refractivity contribution is 6.07. The number of benzene rings is 1. The van der Waals surface area contributed by atoms with Gasteiger partial charge in [0.2, 0.25) is 0 Å². The van der Waals surface area contributed by atoms with Crippen molar-refractivity contribution in [1.29, 1.82) is 0 Å². The maximum atomic E-state index is 14.6. The van der Waals surface area contributed by atoms with Crippen molar-refractivity contribution in [3.05, 3.63) is 64.0 Å². The Hall–Kier alpha value is -3.75. The molecule has 31 heavy (non-hydrogen) atoms. The highest BCUT2D eigenvalue weighted by Gasteiger charge is 2.29. The van der Waals surface area contributed by atoms with Crippen molar-refractivity contribution >= 4 is 22.9 Å². The largest absolute Gasteiger partial charge is 0.419 e. The number of halogens is 1. The summed E-state index contributed by atoms with van der Waals surface area (Å²) in [7, 11) is 0. The third kappa shape index (κ3) is 3.74. The number of aryl methyl sites for hydroxylation is 1. The van der Waals surface area contributed by atoms with E-state index in [0.29, 0.717) is 34.3 Å². The third-order valence-corrected chi connectivity index (χ3v) is 5.31. The first kappa shape index (κ1) is 20.5. The summed E-state index contributed by atoms with van der Waals surface area (Å²) in [5.41, 5.74) is 1.65. The standard InChI is InChI=1S/C22H21FN4O4/c1-4-27-18-8-12(7-16(23)15(18)10-24-27)17-6-5-13(20(28)25-17)14(11(2)3)9-19-21(29)26-22(30)31-19/h5-11,14H,4H2,1-3H3,(H,25,28)(H,26,29,30)/b19-9-. The summed E-state index contributed by atoms with van der Waals surface area (Å²) < 4.78 is 21.1. The molecule has 4 rings (SSSR count). The summed E-state index contributed by atoms with van der Waals surface area (Å²) in [5, 5.41) is 6.63. The zero-order valence-corrected chi connectivity index (χ0v) is 17.2. The average Bonchev–Trinajstić information content (AvgIpc) is 3.28. The lowest BCUT2D eigenvalue weighted by molar-refractivity contribution is -0.116. The normalized spacial score (nSPS) is 16.2. The number of allylic oxidation sites excluding steroid dienone is 1. The molecule has 1 fully saturated rings. The van der Waals surface area contributed by atoms with Gasteiger partial charge in [0.1, 0.15) is 5.82 Å². The number of ether oxygens (including phenoxy) is 1. The molecule has 9 heteroatoms. The zero-order chi connectivity index (χ0) is 22.3.